The molecule has 3 N–H and O–H groups in total. The van der Waals surface area contributed by atoms with E-state index in [1.54, 1.807) is 30.0 Å². The van der Waals surface area contributed by atoms with Crippen LogP contribution in [0.25, 0.3) is 0 Å². The van der Waals surface area contributed by atoms with Crippen molar-refractivity contribution in [3.05, 3.63) is 64.7 Å². The molecule has 0 aromatic heterocycles. The second kappa shape index (κ2) is 15.3. The number of anilines is 1. The van der Waals surface area contributed by atoms with Gasteiger partial charge in [-0.25, -0.2) is 4.79 Å². The van der Waals surface area contributed by atoms with Crippen LogP contribution in [0.2, 0.25) is 0 Å². The molecule has 0 aliphatic carbocycles. The summed E-state index contributed by atoms with van der Waals surface area (Å²) in [5, 5.41) is 3.22. The number of aliphatic imine (C=N–C) groups is 1. The minimum atomic E-state index is -0.690. The molecule has 1 unspecified atom stereocenters. The number of nitrogens with one attached hydrogen (secondary N) is 1. The summed E-state index contributed by atoms with van der Waals surface area (Å²) in [5.74, 6) is 5.99. The van der Waals surface area contributed by atoms with Crippen molar-refractivity contribution in [2.45, 2.75) is 58.9 Å². The molecular weight excluding hydrogens is 508 g/mol. The minimum Gasteiger partial charge on any atom is -0.466 e. The predicted molar refractivity (Wildman–Crippen MR) is 155 cm³/mol. The zero-order valence-electron chi connectivity index (χ0n) is 23.5. The number of aryl methyl sites for hydroxylation is 1. The van der Waals surface area contributed by atoms with Gasteiger partial charge in [-0.1, -0.05) is 25.2 Å². The first-order valence-corrected chi connectivity index (χ1v) is 13.7. The van der Waals surface area contributed by atoms with Crippen LogP contribution < -0.4 is 11.1 Å². The van der Waals surface area contributed by atoms with E-state index in [-0.39, 0.29) is 30.2 Å². The van der Waals surface area contributed by atoms with Crippen LogP contribution in [-0.4, -0.2) is 61.1 Å². The number of likely N-dealkylation sites (tertiary alicyclic amines) is 1. The molecular formula is C31H38N4O5. The maximum absolute atomic E-state index is 13.2. The van der Waals surface area contributed by atoms with Gasteiger partial charge in [-0.3, -0.25) is 9.59 Å². The smallest absolute Gasteiger partial charge is 0.435 e. The number of amidine groups is 1. The largest absolute Gasteiger partial charge is 0.466 e. The van der Waals surface area contributed by atoms with Crippen LogP contribution in [0.5, 0.6) is 0 Å². The van der Waals surface area contributed by atoms with Gasteiger partial charge >= 0.3 is 12.1 Å². The normalized spacial score (nSPS) is 14.7. The molecule has 1 fully saturated rings. The third-order valence-electron chi connectivity index (χ3n) is 6.53. The number of unbranched alkanes of at least 4 members (excludes halogenated alkanes) is 1. The van der Waals surface area contributed by atoms with Crippen molar-refractivity contribution in [3.63, 3.8) is 0 Å². The molecule has 3 rings (SSSR count). The Bertz CT molecular complexity index is 1280. The van der Waals surface area contributed by atoms with Gasteiger partial charge in [0.15, 0.2) is 0 Å². The van der Waals surface area contributed by atoms with Crippen LogP contribution in [0, 0.1) is 18.8 Å². The van der Waals surface area contributed by atoms with Crippen molar-refractivity contribution in [2.75, 3.05) is 31.6 Å². The van der Waals surface area contributed by atoms with Crippen LogP contribution in [0.3, 0.4) is 0 Å². The standard InChI is InChI=1S/C31H38N4O5/c1-4-6-19-40-31(38)34-29(32)24-12-14-25(15-13-24)33-17-7-9-23-11-16-27(22(3)20-23)30(37)35-18-8-10-26(35)21-28(36)39-5-2/h11-16,20,26,33H,4-6,8,10,17-19,21H2,1-3H3,(H2,32,34,38). The zero-order chi connectivity index (χ0) is 28.9. The van der Waals surface area contributed by atoms with E-state index in [1.165, 1.54) is 0 Å². The number of ether oxygens (including phenoxy) is 2. The Hall–Kier alpha value is -4.32. The molecule has 9 nitrogen and oxygen atoms in total. The predicted octanol–water partition coefficient (Wildman–Crippen LogP) is 4.66. The van der Waals surface area contributed by atoms with E-state index in [2.05, 4.69) is 22.2 Å². The topological polar surface area (TPSA) is 123 Å². The minimum absolute atomic E-state index is 0.0620. The molecule has 40 heavy (non-hydrogen) atoms. The third-order valence-corrected chi connectivity index (χ3v) is 6.53. The number of hydrogen-bond donors (Lipinski definition) is 2. The Morgan fingerprint density at radius 3 is 2.60 bits per heavy atom. The van der Waals surface area contributed by atoms with Crippen LogP contribution in [0.15, 0.2) is 47.5 Å². The second-order valence-electron chi connectivity index (χ2n) is 9.53. The van der Waals surface area contributed by atoms with Gasteiger partial charge in [-0.2, -0.15) is 4.99 Å². The van der Waals surface area contributed by atoms with Gasteiger partial charge in [0.25, 0.3) is 5.91 Å². The molecule has 2 aromatic rings. The maximum Gasteiger partial charge on any atom is 0.435 e. The number of carbonyl (C=O) groups is 3. The molecule has 0 bridgehead atoms. The Morgan fingerprint density at radius 1 is 1.12 bits per heavy atom. The number of rotatable bonds is 10. The first-order chi connectivity index (χ1) is 19.3. The van der Waals surface area contributed by atoms with Gasteiger partial charge in [0.2, 0.25) is 0 Å². The monoisotopic (exact) mass is 546 g/mol. The van der Waals surface area contributed by atoms with Gasteiger partial charge in [-0.15, -0.1) is 0 Å². The molecule has 1 aliphatic rings. The molecule has 212 valence electrons. The average Bonchev–Trinajstić information content (AvgIpc) is 3.39. The fourth-order valence-electron chi connectivity index (χ4n) is 4.41. The molecule has 9 heteroatoms. The van der Waals surface area contributed by atoms with Crippen molar-refractivity contribution < 1.29 is 23.9 Å². The van der Waals surface area contributed by atoms with E-state index in [0.717, 1.165) is 42.5 Å². The van der Waals surface area contributed by atoms with E-state index < -0.39 is 6.09 Å². The highest BCUT2D eigenvalue weighted by Gasteiger charge is 2.32. The number of esters is 1. The molecule has 2 aromatic carbocycles. The van der Waals surface area contributed by atoms with Crippen molar-refractivity contribution >= 4 is 29.5 Å². The highest BCUT2D eigenvalue weighted by Crippen LogP contribution is 2.24. The Labute approximate surface area is 236 Å². The fourth-order valence-corrected chi connectivity index (χ4v) is 4.41. The number of hydrogen-bond acceptors (Lipinski definition) is 6. The van der Waals surface area contributed by atoms with Crippen LogP contribution in [0.1, 0.15) is 73.0 Å². The van der Waals surface area contributed by atoms with Gasteiger partial charge in [0, 0.05) is 35.0 Å². The second-order valence-corrected chi connectivity index (χ2v) is 9.53. The maximum atomic E-state index is 13.2. The molecule has 1 heterocycles. The van der Waals surface area contributed by atoms with Crippen LogP contribution in [0.4, 0.5) is 10.5 Å². The van der Waals surface area contributed by atoms with Crippen LogP contribution in [-0.2, 0) is 14.3 Å². The van der Waals surface area contributed by atoms with Gasteiger partial charge in [0.05, 0.1) is 26.2 Å². The summed E-state index contributed by atoms with van der Waals surface area (Å²) < 4.78 is 10.1. The Morgan fingerprint density at radius 2 is 1.90 bits per heavy atom. The van der Waals surface area contributed by atoms with Gasteiger partial charge in [-0.05, 0) is 81.1 Å². The lowest BCUT2D eigenvalue weighted by Gasteiger charge is -2.25. The summed E-state index contributed by atoms with van der Waals surface area (Å²) in [4.78, 5) is 42.4. The lowest BCUT2D eigenvalue weighted by molar-refractivity contribution is -0.144. The fraction of sp³-hybridized carbons (Fsp3) is 0.419. The first kappa shape index (κ1) is 30.2. The number of benzene rings is 2. The molecule has 1 aliphatic heterocycles. The van der Waals surface area contributed by atoms with E-state index in [1.807, 2.05) is 38.1 Å². The summed E-state index contributed by atoms with van der Waals surface area (Å²) in [6, 6.07) is 12.6. The lowest BCUT2D eigenvalue weighted by atomic mass is 10.0. The van der Waals surface area contributed by atoms with Crippen LogP contribution >= 0.6 is 0 Å². The summed E-state index contributed by atoms with van der Waals surface area (Å²) in [7, 11) is 0. The number of nitrogens with two attached hydrogens (primary N) is 1. The van der Waals surface area contributed by atoms with Crippen molar-refractivity contribution in [3.8, 4) is 11.8 Å². The molecule has 1 saturated heterocycles. The molecule has 0 spiro atoms. The van der Waals surface area contributed by atoms with Crippen molar-refractivity contribution in [2.24, 2.45) is 10.7 Å². The van der Waals surface area contributed by atoms with Gasteiger partial charge in [0.1, 0.15) is 5.84 Å². The Balaban J connectivity index is 1.53. The first-order valence-electron chi connectivity index (χ1n) is 13.7. The zero-order valence-corrected chi connectivity index (χ0v) is 23.5. The quantitative estimate of drug-likeness (QED) is 0.146. The van der Waals surface area contributed by atoms with E-state index in [4.69, 9.17) is 15.2 Å². The van der Waals surface area contributed by atoms with Gasteiger partial charge < -0.3 is 25.4 Å². The molecule has 0 radical (unpaired) electrons. The van der Waals surface area contributed by atoms with E-state index in [0.29, 0.717) is 37.4 Å². The van der Waals surface area contributed by atoms with Crippen molar-refractivity contribution in [1.29, 1.82) is 0 Å². The summed E-state index contributed by atoms with van der Waals surface area (Å²) in [6.45, 7) is 7.41. The summed E-state index contributed by atoms with van der Waals surface area (Å²) >= 11 is 0. The van der Waals surface area contributed by atoms with Crippen molar-refractivity contribution in [1.82, 2.24) is 4.90 Å². The number of amides is 2. The summed E-state index contributed by atoms with van der Waals surface area (Å²) in [5.41, 5.74) is 9.65. The average molecular weight is 547 g/mol. The third kappa shape index (κ3) is 8.87. The molecule has 0 saturated carbocycles. The number of carbonyl (C=O) groups excluding carboxylic acids is 3. The molecule has 1 atom stereocenters. The Kier molecular flexibility index (Phi) is 11.6. The SMILES string of the molecule is CCCCOC(=O)N=C(N)c1ccc(NCC#Cc2ccc(C(=O)N3CCCC3CC(=O)OCC)c(C)c2)cc1. The summed E-state index contributed by atoms with van der Waals surface area (Å²) in [6.07, 6.45) is 2.93. The highest BCUT2D eigenvalue weighted by molar-refractivity contribution is 6.03. The molecule has 2 amide bonds. The number of nitrogens with zero attached hydrogens (tertiary/aromatic N) is 2. The highest BCUT2D eigenvalue weighted by atomic mass is 16.5. The van der Waals surface area contributed by atoms with E-state index >= 15 is 0 Å². The van der Waals surface area contributed by atoms with E-state index in [9.17, 15) is 14.4 Å². The lowest BCUT2D eigenvalue weighted by Crippen LogP contribution is -2.37.